The number of methoxy groups -OCH3 is 1. The van der Waals surface area contributed by atoms with E-state index in [1.54, 1.807) is 18.9 Å². The molecule has 120 valence electrons. The van der Waals surface area contributed by atoms with Gasteiger partial charge < -0.3 is 4.74 Å². The van der Waals surface area contributed by atoms with Crippen LogP contribution in [0.1, 0.15) is 32.6 Å². The van der Waals surface area contributed by atoms with Gasteiger partial charge >= 0.3 is 0 Å². The van der Waals surface area contributed by atoms with Crippen molar-refractivity contribution in [2.75, 3.05) is 19.5 Å². The fourth-order valence-electron chi connectivity index (χ4n) is 2.37. The molecule has 0 unspecified atom stereocenters. The SMILES string of the molecule is CCCCCCn1c(SCCOC)nc2ccccc2c1=O. The van der Waals surface area contributed by atoms with Crippen molar-refractivity contribution in [3.05, 3.63) is 34.6 Å². The van der Waals surface area contributed by atoms with Gasteiger partial charge in [0.2, 0.25) is 0 Å². The first kappa shape index (κ1) is 17.0. The summed E-state index contributed by atoms with van der Waals surface area (Å²) in [5.41, 5.74) is 0.847. The zero-order valence-electron chi connectivity index (χ0n) is 13.4. The molecule has 0 amide bonds. The van der Waals surface area contributed by atoms with Crippen LogP contribution in [0.15, 0.2) is 34.2 Å². The smallest absolute Gasteiger partial charge is 0.262 e. The molecule has 0 saturated carbocycles. The largest absolute Gasteiger partial charge is 0.384 e. The summed E-state index contributed by atoms with van der Waals surface area (Å²) in [5.74, 6) is 0.802. The predicted molar refractivity (Wildman–Crippen MR) is 92.7 cm³/mol. The highest BCUT2D eigenvalue weighted by molar-refractivity contribution is 7.99. The lowest BCUT2D eigenvalue weighted by Gasteiger charge is -2.13. The summed E-state index contributed by atoms with van der Waals surface area (Å²) in [6, 6.07) is 7.57. The summed E-state index contributed by atoms with van der Waals surface area (Å²) in [5, 5.41) is 1.51. The zero-order chi connectivity index (χ0) is 15.8. The molecule has 0 atom stereocenters. The third kappa shape index (κ3) is 4.34. The van der Waals surface area contributed by atoms with Crippen molar-refractivity contribution in [3.8, 4) is 0 Å². The molecule has 22 heavy (non-hydrogen) atoms. The Kier molecular flexibility index (Phi) is 6.93. The Bertz CT molecular complexity index is 655. The Morgan fingerprint density at radius 3 is 2.82 bits per heavy atom. The molecule has 0 aliphatic rings. The Morgan fingerprint density at radius 2 is 2.05 bits per heavy atom. The predicted octanol–water partition coefficient (Wildman–Crippen LogP) is 3.72. The molecule has 1 aromatic heterocycles. The topological polar surface area (TPSA) is 44.1 Å². The van der Waals surface area contributed by atoms with Gasteiger partial charge in [0, 0.05) is 19.4 Å². The molecule has 4 nitrogen and oxygen atoms in total. The lowest BCUT2D eigenvalue weighted by Crippen LogP contribution is -2.23. The molecule has 0 aliphatic carbocycles. The number of nitrogens with zero attached hydrogens (tertiary/aromatic N) is 2. The highest BCUT2D eigenvalue weighted by atomic mass is 32.2. The number of benzene rings is 1. The van der Waals surface area contributed by atoms with E-state index >= 15 is 0 Å². The quantitative estimate of drug-likeness (QED) is 0.401. The number of thioether (sulfide) groups is 1. The van der Waals surface area contributed by atoms with Gasteiger partial charge in [0.25, 0.3) is 5.56 Å². The van der Waals surface area contributed by atoms with Crippen LogP contribution in [-0.2, 0) is 11.3 Å². The molecule has 0 N–H and O–H groups in total. The van der Waals surface area contributed by atoms with Crippen LogP contribution in [-0.4, -0.2) is 29.0 Å². The number of hydrogen-bond donors (Lipinski definition) is 0. The first-order chi connectivity index (χ1) is 10.8. The van der Waals surface area contributed by atoms with Gasteiger partial charge in [-0.3, -0.25) is 9.36 Å². The second-order valence-corrected chi connectivity index (χ2v) is 6.33. The molecule has 1 aromatic carbocycles. The maximum atomic E-state index is 12.7. The number of para-hydroxylation sites is 1. The summed E-state index contributed by atoms with van der Waals surface area (Å²) in [6.07, 6.45) is 4.58. The molecule has 0 fully saturated rings. The first-order valence-corrected chi connectivity index (χ1v) is 8.87. The minimum absolute atomic E-state index is 0.0713. The standard InChI is InChI=1S/C17H24N2O2S/c1-3-4-5-8-11-19-16(20)14-9-6-7-10-15(14)18-17(19)22-13-12-21-2/h6-7,9-10H,3-5,8,11-13H2,1-2H3. The Hall–Kier alpha value is -1.33. The van der Waals surface area contributed by atoms with Gasteiger partial charge in [-0.05, 0) is 18.6 Å². The third-order valence-corrected chi connectivity index (χ3v) is 4.52. The molecule has 1 heterocycles. The van der Waals surface area contributed by atoms with Crippen molar-refractivity contribution >= 4 is 22.7 Å². The van der Waals surface area contributed by atoms with E-state index in [1.165, 1.54) is 12.8 Å². The van der Waals surface area contributed by atoms with E-state index in [0.29, 0.717) is 12.0 Å². The van der Waals surface area contributed by atoms with Crippen LogP contribution in [0.4, 0.5) is 0 Å². The van der Waals surface area contributed by atoms with E-state index in [0.717, 1.165) is 35.8 Å². The molecular formula is C17H24N2O2S. The van der Waals surface area contributed by atoms with Crippen LogP contribution >= 0.6 is 11.8 Å². The van der Waals surface area contributed by atoms with E-state index in [4.69, 9.17) is 4.74 Å². The van der Waals surface area contributed by atoms with Crippen LogP contribution in [0.3, 0.4) is 0 Å². The van der Waals surface area contributed by atoms with Crippen molar-refractivity contribution in [2.24, 2.45) is 0 Å². The molecule has 0 saturated heterocycles. The van der Waals surface area contributed by atoms with Gasteiger partial charge in [-0.25, -0.2) is 4.98 Å². The number of hydrogen-bond acceptors (Lipinski definition) is 4. The minimum Gasteiger partial charge on any atom is -0.384 e. The average molecular weight is 320 g/mol. The zero-order valence-corrected chi connectivity index (χ0v) is 14.2. The number of unbranched alkanes of at least 4 members (excludes halogenated alkanes) is 3. The molecule has 0 aliphatic heterocycles. The summed E-state index contributed by atoms with van der Waals surface area (Å²) >= 11 is 1.59. The van der Waals surface area contributed by atoms with Crippen LogP contribution in [0, 0.1) is 0 Å². The second kappa shape index (κ2) is 8.96. The van der Waals surface area contributed by atoms with Gasteiger partial charge in [0.15, 0.2) is 5.16 Å². The van der Waals surface area contributed by atoms with Gasteiger partial charge in [-0.2, -0.15) is 0 Å². The maximum absolute atomic E-state index is 12.7. The fraction of sp³-hybridized carbons (Fsp3) is 0.529. The summed E-state index contributed by atoms with van der Waals surface area (Å²) in [7, 11) is 1.69. The number of ether oxygens (including phenoxy) is 1. The van der Waals surface area contributed by atoms with Crippen LogP contribution in [0.5, 0.6) is 0 Å². The molecule has 2 aromatic rings. The van der Waals surface area contributed by atoms with Crippen LogP contribution in [0.2, 0.25) is 0 Å². The maximum Gasteiger partial charge on any atom is 0.262 e. The number of rotatable bonds is 9. The van der Waals surface area contributed by atoms with Crippen molar-refractivity contribution in [1.29, 1.82) is 0 Å². The van der Waals surface area contributed by atoms with Gasteiger partial charge in [-0.1, -0.05) is 50.1 Å². The van der Waals surface area contributed by atoms with Crippen molar-refractivity contribution < 1.29 is 4.74 Å². The lowest BCUT2D eigenvalue weighted by atomic mass is 10.2. The molecule has 2 rings (SSSR count). The van der Waals surface area contributed by atoms with Crippen LogP contribution < -0.4 is 5.56 Å². The number of aromatic nitrogens is 2. The van der Waals surface area contributed by atoms with E-state index in [2.05, 4.69) is 11.9 Å². The summed E-state index contributed by atoms with van der Waals surface area (Å²) in [6.45, 7) is 3.59. The normalized spacial score (nSPS) is 11.2. The average Bonchev–Trinajstić information content (AvgIpc) is 2.54. The van der Waals surface area contributed by atoms with Crippen molar-refractivity contribution in [2.45, 2.75) is 44.3 Å². The monoisotopic (exact) mass is 320 g/mol. The van der Waals surface area contributed by atoms with Gasteiger partial charge in [0.05, 0.1) is 17.5 Å². The van der Waals surface area contributed by atoms with Gasteiger partial charge in [0.1, 0.15) is 0 Å². The van der Waals surface area contributed by atoms with Crippen molar-refractivity contribution in [1.82, 2.24) is 9.55 Å². The Balaban J connectivity index is 2.29. The molecule has 0 bridgehead atoms. The summed E-state index contributed by atoms with van der Waals surface area (Å²) in [4.78, 5) is 17.4. The van der Waals surface area contributed by atoms with E-state index < -0.39 is 0 Å². The lowest BCUT2D eigenvalue weighted by molar-refractivity contribution is 0.218. The molecule has 0 radical (unpaired) electrons. The third-order valence-electron chi connectivity index (χ3n) is 3.58. The van der Waals surface area contributed by atoms with E-state index in [9.17, 15) is 4.79 Å². The minimum atomic E-state index is 0.0713. The van der Waals surface area contributed by atoms with Gasteiger partial charge in [-0.15, -0.1) is 0 Å². The molecule has 0 spiro atoms. The highest BCUT2D eigenvalue weighted by Crippen LogP contribution is 2.18. The second-order valence-electron chi connectivity index (χ2n) is 5.27. The van der Waals surface area contributed by atoms with Crippen molar-refractivity contribution in [3.63, 3.8) is 0 Å². The molecule has 5 heteroatoms. The summed E-state index contributed by atoms with van der Waals surface area (Å²) < 4.78 is 6.93. The highest BCUT2D eigenvalue weighted by Gasteiger charge is 2.11. The van der Waals surface area contributed by atoms with Crippen LogP contribution in [0.25, 0.3) is 10.9 Å². The Labute approximate surface area is 135 Å². The van der Waals surface area contributed by atoms with E-state index in [1.807, 2.05) is 28.8 Å². The first-order valence-electron chi connectivity index (χ1n) is 7.89. The number of fused-ring (bicyclic) bond motifs is 1. The molecular weight excluding hydrogens is 296 g/mol. The fourth-order valence-corrected chi connectivity index (χ4v) is 3.29. The van der Waals surface area contributed by atoms with E-state index in [-0.39, 0.29) is 5.56 Å². The Morgan fingerprint density at radius 1 is 1.23 bits per heavy atom.